The molecule has 7 heteroatoms. The molecule has 0 radical (unpaired) electrons. The average molecular weight is 461 g/mol. The molecule has 0 amide bonds. The molecule has 0 atom stereocenters. The average Bonchev–Trinajstić information content (AvgIpc) is 2.69. The Labute approximate surface area is 199 Å². The lowest BCUT2D eigenvalue weighted by molar-refractivity contribution is -0.906. The van der Waals surface area contributed by atoms with Gasteiger partial charge in [0, 0.05) is 0 Å². The zero-order valence-electron chi connectivity index (χ0n) is 19.9. The number of rotatable bonds is 16. The van der Waals surface area contributed by atoms with Crippen molar-refractivity contribution in [2.45, 2.75) is 0 Å². The summed E-state index contributed by atoms with van der Waals surface area (Å²) in [6.45, 7) is 37.7. The van der Waals surface area contributed by atoms with E-state index in [0.29, 0.717) is 0 Å². The molecule has 0 unspecified atom stereocenters. The van der Waals surface area contributed by atoms with E-state index in [0.717, 1.165) is 61.3 Å². The summed E-state index contributed by atoms with van der Waals surface area (Å²) >= 11 is 0. The van der Waals surface area contributed by atoms with Crippen LogP contribution in [0.15, 0.2) is 101 Å². The van der Waals surface area contributed by atoms with Crippen LogP contribution in [0.5, 0.6) is 0 Å². The highest BCUT2D eigenvalue weighted by Crippen LogP contribution is 2.08. The smallest absolute Gasteiger partial charge is 0.259 e. The van der Waals surface area contributed by atoms with Crippen LogP contribution in [-0.2, 0) is 4.74 Å². The van der Waals surface area contributed by atoms with Gasteiger partial charge in [0.15, 0.2) is 0 Å². The van der Waals surface area contributed by atoms with Crippen LogP contribution in [0.1, 0.15) is 0 Å². The van der Waals surface area contributed by atoms with Gasteiger partial charge in [-0.1, -0.05) is 52.6 Å². The molecule has 0 aliphatic carbocycles. The number of hydrogen-bond donors (Lipinski definition) is 0. The molecule has 33 heavy (non-hydrogen) atoms. The molecule has 0 N–H and O–H groups in total. The van der Waals surface area contributed by atoms with Crippen LogP contribution in [0.25, 0.3) is 0 Å². The van der Waals surface area contributed by atoms with Gasteiger partial charge >= 0.3 is 0 Å². The minimum Gasteiger partial charge on any atom is -0.483 e. The van der Waals surface area contributed by atoms with Gasteiger partial charge in [-0.05, 0) is 48.6 Å². The highest BCUT2D eigenvalue weighted by molar-refractivity contribution is 5.71. The summed E-state index contributed by atoms with van der Waals surface area (Å²) in [6.07, 6.45) is 11.3. The van der Waals surface area contributed by atoms with Crippen LogP contribution in [0.2, 0.25) is 0 Å². The largest absolute Gasteiger partial charge is 0.483 e. The first-order valence-corrected chi connectivity index (χ1v) is 10.3. The van der Waals surface area contributed by atoms with Gasteiger partial charge in [-0.2, -0.15) is 0 Å². The molecule has 0 aromatic heterocycles. The van der Waals surface area contributed by atoms with Gasteiger partial charge in [0.25, 0.3) is 12.3 Å². The first-order chi connectivity index (χ1) is 15.6. The van der Waals surface area contributed by atoms with Gasteiger partial charge in [0.1, 0.15) is 0 Å². The van der Waals surface area contributed by atoms with Crippen molar-refractivity contribution in [3.63, 3.8) is 0 Å². The molecule has 7 nitrogen and oxygen atoms in total. The minimum absolute atomic E-state index is 0.903. The fourth-order valence-electron chi connectivity index (χ4n) is 3.15. The SMILES string of the molecule is C=CC[N+](CC=C)(CC=C)CC=C.C=CC[N+](CC=C)(CC=C)CC=C.O=C([O-])OC(=O)[O-]. The number of ether oxygens (including phenoxy) is 1. The normalized spacial score (nSPS) is 9.82. The molecule has 0 fully saturated rings. The Kier molecular flexibility index (Phi) is 22.6. The van der Waals surface area contributed by atoms with Gasteiger partial charge in [0.05, 0.1) is 52.4 Å². The van der Waals surface area contributed by atoms with Crippen molar-refractivity contribution in [2.24, 2.45) is 0 Å². The molecule has 0 saturated carbocycles. The summed E-state index contributed by atoms with van der Waals surface area (Å²) in [5, 5.41) is 18.1. The van der Waals surface area contributed by atoms with E-state index < -0.39 is 12.3 Å². The third kappa shape index (κ3) is 19.0. The summed E-state index contributed by atoms with van der Waals surface area (Å²) in [6, 6.07) is 0. The van der Waals surface area contributed by atoms with Gasteiger partial charge in [0.2, 0.25) is 0 Å². The van der Waals surface area contributed by atoms with Crippen LogP contribution in [0.4, 0.5) is 9.59 Å². The number of carbonyl (C=O) groups excluding carboxylic acids is 2. The molecule has 0 aliphatic rings. The Morgan fingerprint density at radius 3 is 0.697 bits per heavy atom. The van der Waals surface area contributed by atoms with Gasteiger partial charge in [-0.3, -0.25) is 0 Å². The van der Waals surface area contributed by atoms with Crippen molar-refractivity contribution in [2.75, 3.05) is 52.4 Å². The Balaban J connectivity index is -0.000000429. The summed E-state index contributed by atoms with van der Waals surface area (Å²) in [5.41, 5.74) is 0. The second-order valence-electron chi connectivity index (χ2n) is 7.06. The fraction of sp³-hybridized carbons (Fsp3) is 0.308. The van der Waals surface area contributed by atoms with Crippen molar-refractivity contribution in [3.05, 3.63) is 101 Å². The molecule has 0 aromatic carbocycles. The Morgan fingerprint density at radius 2 is 0.636 bits per heavy atom. The zero-order chi connectivity index (χ0) is 26.2. The van der Waals surface area contributed by atoms with Crippen LogP contribution in [0.3, 0.4) is 0 Å². The number of nitrogens with zero attached hydrogens (tertiary/aromatic N) is 2. The molecule has 184 valence electrons. The van der Waals surface area contributed by atoms with E-state index in [-0.39, 0.29) is 0 Å². The maximum atomic E-state index is 9.06. The highest BCUT2D eigenvalue weighted by atomic mass is 16.7. The molecule has 0 saturated heterocycles. The third-order valence-corrected chi connectivity index (χ3v) is 4.30. The molecule has 0 aliphatic heterocycles. The number of carboxylic acid groups (broad SMARTS) is 2. The van der Waals surface area contributed by atoms with Gasteiger partial charge in [-0.15, -0.1) is 0 Å². The molecule has 0 bridgehead atoms. The van der Waals surface area contributed by atoms with Crippen LogP contribution < -0.4 is 10.2 Å². The van der Waals surface area contributed by atoms with E-state index in [1.165, 1.54) is 0 Å². The van der Waals surface area contributed by atoms with Crippen LogP contribution in [0, 0.1) is 0 Å². The lowest BCUT2D eigenvalue weighted by Crippen LogP contribution is -2.48. The third-order valence-electron chi connectivity index (χ3n) is 4.30. The van der Waals surface area contributed by atoms with Crippen molar-refractivity contribution in [3.8, 4) is 0 Å². The molecule has 0 spiro atoms. The maximum Gasteiger partial charge on any atom is 0.259 e. The zero-order valence-corrected chi connectivity index (χ0v) is 19.9. The first-order valence-electron chi connectivity index (χ1n) is 10.3. The first kappa shape index (κ1) is 34.2. The van der Waals surface area contributed by atoms with E-state index in [9.17, 15) is 0 Å². The topological polar surface area (TPSA) is 89.5 Å². The lowest BCUT2D eigenvalue weighted by atomic mass is 10.3. The van der Waals surface area contributed by atoms with Crippen molar-refractivity contribution >= 4 is 12.3 Å². The lowest BCUT2D eigenvalue weighted by Gasteiger charge is -2.35. The van der Waals surface area contributed by atoms with Gasteiger partial charge in [-0.25, -0.2) is 0 Å². The number of carbonyl (C=O) groups is 2. The maximum absolute atomic E-state index is 9.06. The van der Waals surface area contributed by atoms with Crippen molar-refractivity contribution < 1.29 is 33.5 Å². The van der Waals surface area contributed by atoms with E-state index >= 15 is 0 Å². The van der Waals surface area contributed by atoms with E-state index in [4.69, 9.17) is 19.8 Å². The number of quaternary nitrogens is 2. The molecule has 0 rings (SSSR count). The van der Waals surface area contributed by atoms with Crippen molar-refractivity contribution in [1.82, 2.24) is 0 Å². The van der Waals surface area contributed by atoms with Gasteiger partial charge < -0.3 is 33.5 Å². The highest BCUT2D eigenvalue weighted by Gasteiger charge is 2.21. The summed E-state index contributed by atoms with van der Waals surface area (Å²) in [7, 11) is 0. The molecule has 0 heterocycles. The van der Waals surface area contributed by atoms with Crippen LogP contribution >= 0.6 is 0 Å². The quantitative estimate of drug-likeness (QED) is 0.153. The number of hydrogen-bond acceptors (Lipinski definition) is 5. The fourth-order valence-corrected chi connectivity index (χ4v) is 3.15. The van der Waals surface area contributed by atoms with Crippen molar-refractivity contribution in [1.29, 1.82) is 0 Å². The Morgan fingerprint density at radius 1 is 0.485 bits per heavy atom. The molecular formula is C26H40N2O5. The minimum atomic E-state index is -2.12. The standard InChI is InChI=1S/2C12H20N.C2H2O5/c2*1-5-9-13(10-6-2,11-7-3)12-8-4;3-1(4)7-2(5)6/h2*5-8H,1-4,9-12H2;(H,3,4)(H,5,6)/q2*+1;/p-2. The second kappa shape index (κ2) is 21.8. The molecular weight excluding hydrogens is 420 g/mol. The van der Waals surface area contributed by atoms with E-state index in [1.807, 2.05) is 48.6 Å². The predicted octanol–water partition coefficient (Wildman–Crippen LogP) is 2.78. The monoisotopic (exact) mass is 460 g/mol. The Hall–Kier alpha value is -3.42. The summed E-state index contributed by atoms with van der Waals surface area (Å²) in [4.78, 5) is 18.1. The summed E-state index contributed by atoms with van der Waals surface area (Å²) in [5.74, 6) is 0. The Bertz CT molecular complexity index is 521. The predicted molar refractivity (Wildman–Crippen MR) is 133 cm³/mol. The summed E-state index contributed by atoms with van der Waals surface area (Å²) < 4.78 is 4.67. The molecule has 0 aromatic rings. The van der Waals surface area contributed by atoms with E-state index in [1.54, 1.807) is 0 Å². The van der Waals surface area contributed by atoms with Crippen LogP contribution in [-0.4, -0.2) is 73.6 Å². The van der Waals surface area contributed by atoms with E-state index in [2.05, 4.69) is 57.4 Å². The second-order valence-corrected chi connectivity index (χ2v) is 7.06.